The van der Waals surface area contributed by atoms with E-state index in [4.69, 9.17) is 9.47 Å². The van der Waals surface area contributed by atoms with Crippen molar-refractivity contribution in [3.05, 3.63) is 74.1 Å². The van der Waals surface area contributed by atoms with Gasteiger partial charge in [-0.2, -0.15) is 0 Å². The highest BCUT2D eigenvalue weighted by atomic mass is 79.9. The van der Waals surface area contributed by atoms with Gasteiger partial charge in [-0.1, -0.05) is 18.2 Å². The van der Waals surface area contributed by atoms with Crippen molar-refractivity contribution in [1.29, 1.82) is 0 Å². The number of amides is 1. The fourth-order valence-electron chi connectivity index (χ4n) is 2.55. The summed E-state index contributed by atoms with van der Waals surface area (Å²) in [5.74, 6) is -0.0594. The molecular formula is C21H19BrN2O4S. The van der Waals surface area contributed by atoms with Gasteiger partial charge in [0.2, 0.25) is 5.91 Å². The normalized spacial score (nSPS) is 10.4. The monoisotopic (exact) mass is 474 g/mol. The van der Waals surface area contributed by atoms with Gasteiger partial charge in [0.05, 0.1) is 24.8 Å². The van der Waals surface area contributed by atoms with Gasteiger partial charge in [-0.25, -0.2) is 9.78 Å². The summed E-state index contributed by atoms with van der Waals surface area (Å²) in [5, 5.41) is 5.32. The molecule has 2 aromatic carbocycles. The van der Waals surface area contributed by atoms with E-state index in [0.29, 0.717) is 26.5 Å². The van der Waals surface area contributed by atoms with Crippen LogP contribution in [0.4, 0.5) is 5.69 Å². The third-order valence-electron chi connectivity index (χ3n) is 4.07. The lowest BCUT2D eigenvalue weighted by atomic mass is 10.2. The second-order valence-corrected chi connectivity index (χ2v) is 7.99. The molecule has 0 fully saturated rings. The Kier molecular flexibility index (Phi) is 7.00. The number of carbonyl (C=O) groups excluding carboxylic acids is 2. The summed E-state index contributed by atoms with van der Waals surface area (Å²) in [6.45, 7) is 1.96. The largest absolute Gasteiger partial charge is 0.497 e. The minimum atomic E-state index is -0.484. The Hall–Kier alpha value is -2.71. The van der Waals surface area contributed by atoms with Gasteiger partial charge in [0.25, 0.3) is 0 Å². The molecule has 150 valence electrons. The lowest BCUT2D eigenvalue weighted by Crippen LogP contribution is -2.15. The van der Waals surface area contributed by atoms with Crippen LogP contribution in [0.3, 0.4) is 0 Å². The highest BCUT2D eigenvalue weighted by Crippen LogP contribution is 2.24. The SMILES string of the molecule is COc1ccc(Br)c(C(=O)OCc2csc(CC(=O)Nc3ccccc3C)n2)c1. The van der Waals surface area contributed by atoms with Crippen LogP contribution >= 0.6 is 27.3 Å². The number of ether oxygens (including phenoxy) is 2. The minimum Gasteiger partial charge on any atom is -0.497 e. The second kappa shape index (κ2) is 9.67. The summed E-state index contributed by atoms with van der Waals surface area (Å²) in [6, 6.07) is 12.7. The fraction of sp³-hybridized carbons (Fsp3) is 0.190. The third-order valence-corrected chi connectivity index (χ3v) is 5.66. The van der Waals surface area contributed by atoms with Crippen LogP contribution in [0.15, 0.2) is 52.3 Å². The van der Waals surface area contributed by atoms with E-state index < -0.39 is 5.97 Å². The molecule has 3 aromatic rings. The fourth-order valence-corrected chi connectivity index (χ4v) is 3.73. The van der Waals surface area contributed by atoms with E-state index in [0.717, 1.165) is 11.3 Å². The summed E-state index contributed by atoms with van der Waals surface area (Å²) < 4.78 is 11.1. The number of esters is 1. The molecule has 0 aliphatic carbocycles. The molecule has 0 atom stereocenters. The van der Waals surface area contributed by atoms with E-state index in [-0.39, 0.29) is 18.9 Å². The second-order valence-electron chi connectivity index (χ2n) is 6.19. The van der Waals surface area contributed by atoms with Crippen molar-refractivity contribution in [3.63, 3.8) is 0 Å². The number of benzene rings is 2. The first kappa shape index (κ1) is 21.0. The Morgan fingerprint density at radius 3 is 2.76 bits per heavy atom. The van der Waals surface area contributed by atoms with Crippen LogP contribution in [0.5, 0.6) is 5.75 Å². The van der Waals surface area contributed by atoms with Crippen LogP contribution in [0.2, 0.25) is 0 Å². The topological polar surface area (TPSA) is 77.5 Å². The average molecular weight is 475 g/mol. The van der Waals surface area contributed by atoms with Crippen LogP contribution in [-0.4, -0.2) is 24.0 Å². The number of para-hydroxylation sites is 1. The number of aryl methyl sites for hydroxylation is 1. The predicted molar refractivity (Wildman–Crippen MR) is 115 cm³/mol. The molecule has 3 rings (SSSR count). The standard InChI is InChI=1S/C21H19BrN2O4S/c1-13-5-3-4-6-18(13)24-19(25)10-20-23-14(12-29-20)11-28-21(26)16-9-15(27-2)7-8-17(16)22/h3-9,12H,10-11H2,1-2H3,(H,24,25). The van der Waals surface area contributed by atoms with Crippen LogP contribution in [0.25, 0.3) is 0 Å². The van der Waals surface area contributed by atoms with E-state index >= 15 is 0 Å². The lowest BCUT2D eigenvalue weighted by molar-refractivity contribution is -0.115. The molecule has 0 unspecified atom stereocenters. The molecule has 1 heterocycles. The van der Waals surface area contributed by atoms with Crippen molar-refractivity contribution in [2.75, 3.05) is 12.4 Å². The molecule has 6 nitrogen and oxygen atoms in total. The molecule has 0 saturated heterocycles. The number of anilines is 1. The molecule has 0 spiro atoms. The molecule has 0 aliphatic heterocycles. The summed E-state index contributed by atoms with van der Waals surface area (Å²) >= 11 is 4.69. The van der Waals surface area contributed by atoms with Gasteiger partial charge >= 0.3 is 5.97 Å². The first-order chi connectivity index (χ1) is 14.0. The van der Waals surface area contributed by atoms with E-state index in [1.807, 2.05) is 31.2 Å². The molecule has 1 amide bonds. The van der Waals surface area contributed by atoms with Crippen molar-refractivity contribution in [1.82, 2.24) is 4.98 Å². The highest BCUT2D eigenvalue weighted by molar-refractivity contribution is 9.10. The van der Waals surface area contributed by atoms with E-state index in [2.05, 4.69) is 26.2 Å². The average Bonchev–Trinajstić information content (AvgIpc) is 3.15. The summed E-state index contributed by atoms with van der Waals surface area (Å²) in [6.07, 6.45) is 0.161. The molecule has 0 aliphatic rings. The molecule has 29 heavy (non-hydrogen) atoms. The van der Waals surface area contributed by atoms with E-state index in [1.165, 1.54) is 18.4 Å². The maximum absolute atomic E-state index is 12.3. The van der Waals surface area contributed by atoms with Gasteiger partial charge < -0.3 is 14.8 Å². The van der Waals surface area contributed by atoms with Crippen molar-refractivity contribution in [2.45, 2.75) is 20.0 Å². The Morgan fingerprint density at radius 2 is 2.00 bits per heavy atom. The Morgan fingerprint density at radius 1 is 1.21 bits per heavy atom. The number of methoxy groups -OCH3 is 1. The van der Waals surface area contributed by atoms with Crippen LogP contribution in [-0.2, 0) is 22.6 Å². The smallest absolute Gasteiger partial charge is 0.339 e. The van der Waals surface area contributed by atoms with Gasteiger partial charge in [0, 0.05) is 15.5 Å². The van der Waals surface area contributed by atoms with Crippen LogP contribution < -0.4 is 10.1 Å². The Labute approximate surface area is 181 Å². The zero-order chi connectivity index (χ0) is 20.8. The maximum atomic E-state index is 12.3. The number of nitrogens with one attached hydrogen (secondary N) is 1. The number of rotatable bonds is 7. The van der Waals surface area contributed by atoms with Crippen molar-refractivity contribution in [3.8, 4) is 5.75 Å². The Bertz CT molecular complexity index is 1040. The molecule has 1 aromatic heterocycles. The van der Waals surface area contributed by atoms with Gasteiger partial charge in [0.1, 0.15) is 17.4 Å². The van der Waals surface area contributed by atoms with Crippen LogP contribution in [0, 0.1) is 6.92 Å². The van der Waals surface area contributed by atoms with Crippen LogP contribution in [0.1, 0.15) is 26.6 Å². The van der Waals surface area contributed by atoms with Crippen molar-refractivity contribution in [2.24, 2.45) is 0 Å². The quantitative estimate of drug-likeness (QED) is 0.499. The maximum Gasteiger partial charge on any atom is 0.339 e. The molecule has 8 heteroatoms. The third kappa shape index (κ3) is 5.65. The van der Waals surface area contributed by atoms with Gasteiger partial charge in [0.15, 0.2) is 0 Å². The zero-order valence-electron chi connectivity index (χ0n) is 15.9. The number of halogens is 1. The van der Waals surface area contributed by atoms with Crippen molar-refractivity contribution >= 4 is 44.8 Å². The highest BCUT2D eigenvalue weighted by Gasteiger charge is 2.15. The summed E-state index contributed by atoms with van der Waals surface area (Å²) in [4.78, 5) is 29.0. The Balaban J connectivity index is 1.56. The molecular weight excluding hydrogens is 456 g/mol. The summed E-state index contributed by atoms with van der Waals surface area (Å²) in [7, 11) is 1.53. The molecule has 0 radical (unpaired) electrons. The molecule has 1 N–H and O–H groups in total. The number of thiazole rings is 1. The van der Waals surface area contributed by atoms with E-state index in [1.54, 1.807) is 23.6 Å². The number of aromatic nitrogens is 1. The first-order valence-electron chi connectivity index (χ1n) is 8.75. The number of nitrogens with zero attached hydrogens (tertiary/aromatic N) is 1. The number of hydrogen-bond donors (Lipinski definition) is 1. The molecule has 0 saturated carbocycles. The van der Waals surface area contributed by atoms with Crippen molar-refractivity contribution < 1.29 is 19.1 Å². The lowest BCUT2D eigenvalue weighted by Gasteiger charge is -2.07. The van der Waals surface area contributed by atoms with E-state index in [9.17, 15) is 9.59 Å². The minimum absolute atomic E-state index is 0.0262. The molecule has 0 bridgehead atoms. The predicted octanol–water partition coefficient (Wildman–Crippen LogP) is 4.76. The van der Waals surface area contributed by atoms with Gasteiger partial charge in [-0.05, 0) is 52.7 Å². The number of carbonyl (C=O) groups is 2. The zero-order valence-corrected chi connectivity index (χ0v) is 18.3. The summed E-state index contributed by atoms with van der Waals surface area (Å²) in [5.41, 5.74) is 2.75. The number of hydrogen-bond acceptors (Lipinski definition) is 6. The van der Waals surface area contributed by atoms with Gasteiger partial charge in [-0.15, -0.1) is 11.3 Å². The van der Waals surface area contributed by atoms with Gasteiger partial charge in [-0.3, -0.25) is 4.79 Å². The first-order valence-corrected chi connectivity index (χ1v) is 10.4.